The molecule has 0 aliphatic heterocycles. The topological polar surface area (TPSA) is 63.8 Å². The van der Waals surface area contributed by atoms with E-state index in [4.69, 9.17) is 5.84 Å². The third-order valence-corrected chi connectivity index (χ3v) is 1.64. The highest BCUT2D eigenvalue weighted by Gasteiger charge is 1.94. The number of benzene rings is 1. The molecule has 0 aliphatic rings. The monoisotopic (exact) mass is 160 g/mol. The minimum atomic E-state index is 0.836. The summed E-state index contributed by atoms with van der Waals surface area (Å²) in [5.41, 5.74) is 5.10. The summed E-state index contributed by atoms with van der Waals surface area (Å²) in [6.45, 7) is 0. The van der Waals surface area contributed by atoms with Crippen LogP contribution in [-0.2, 0) is 0 Å². The summed E-state index contributed by atoms with van der Waals surface area (Å²) in [5.74, 6) is 5.24. The van der Waals surface area contributed by atoms with Crippen LogP contribution in [0, 0.1) is 0 Å². The van der Waals surface area contributed by atoms with Crippen LogP contribution in [0.2, 0.25) is 0 Å². The highest BCUT2D eigenvalue weighted by Crippen LogP contribution is 2.13. The number of aromatic nitrogens is 2. The molecule has 0 fully saturated rings. The number of rotatable bonds is 1. The molecule has 3 N–H and O–H groups in total. The molecule has 0 saturated heterocycles. The Hall–Kier alpha value is -1.68. The Balaban J connectivity index is 2.67. The molecular formula is C8H8N4. The first kappa shape index (κ1) is 7.00. The smallest absolute Gasteiger partial charge is 0.0907 e. The fourth-order valence-corrected chi connectivity index (χ4v) is 1.05. The summed E-state index contributed by atoms with van der Waals surface area (Å²) in [7, 11) is 0. The first-order valence-electron chi connectivity index (χ1n) is 3.57. The average molecular weight is 160 g/mol. The number of nitrogens with one attached hydrogen (secondary N) is 1. The van der Waals surface area contributed by atoms with Gasteiger partial charge in [0.2, 0.25) is 0 Å². The summed E-state index contributed by atoms with van der Waals surface area (Å²) in [5, 5.41) is 0. The van der Waals surface area contributed by atoms with Gasteiger partial charge in [-0.05, 0) is 18.2 Å². The van der Waals surface area contributed by atoms with Crippen LogP contribution in [-0.4, -0.2) is 9.97 Å². The van der Waals surface area contributed by atoms with Gasteiger partial charge in [0, 0.05) is 12.4 Å². The van der Waals surface area contributed by atoms with E-state index in [2.05, 4.69) is 15.4 Å². The molecule has 60 valence electrons. The maximum Gasteiger partial charge on any atom is 0.0907 e. The van der Waals surface area contributed by atoms with Crippen molar-refractivity contribution in [1.29, 1.82) is 0 Å². The largest absolute Gasteiger partial charge is 0.324 e. The van der Waals surface area contributed by atoms with E-state index in [1.165, 1.54) is 0 Å². The van der Waals surface area contributed by atoms with Gasteiger partial charge < -0.3 is 5.43 Å². The lowest BCUT2D eigenvalue weighted by Crippen LogP contribution is -2.06. The highest BCUT2D eigenvalue weighted by molar-refractivity contribution is 5.77. The zero-order chi connectivity index (χ0) is 8.39. The molecule has 12 heavy (non-hydrogen) atoms. The van der Waals surface area contributed by atoms with E-state index in [1.807, 2.05) is 18.2 Å². The van der Waals surface area contributed by atoms with Gasteiger partial charge in [-0.3, -0.25) is 15.8 Å². The van der Waals surface area contributed by atoms with Crippen LogP contribution in [0.25, 0.3) is 11.0 Å². The van der Waals surface area contributed by atoms with Crippen molar-refractivity contribution in [1.82, 2.24) is 9.97 Å². The van der Waals surface area contributed by atoms with Crippen molar-refractivity contribution in [2.45, 2.75) is 0 Å². The zero-order valence-electron chi connectivity index (χ0n) is 6.36. The summed E-state index contributed by atoms with van der Waals surface area (Å²) in [4.78, 5) is 8.26. The Bertz CT molecular complexity index is 399. The Kier molecular flexibility index (Phi) is 1.60. The third kappa shape index (κ3) is 1.08. The Labute approximate surface area is 69.4 Å². The van der Waals surface area contributed by atoms with Crippen LogP contribution >= 0.6 is 0 Å². The molecule has 1 heterocycles. The summed E-state index contributed by atoms with van der Waals surface area (Å²) in [6.07, 6.45) is 3.32. The number of fused-ring (bicyclic) bond motifs is 1. The van der Waals surface area contributed by atoms with E-state index in [9.17, 15) is 0 Å². The molecule has 0 amide bonds. The highest BCUT2D eigenvalue weighted by atomic mass is 15.2. The van der Waals surface area contributed by atoms with Crippen molar-refractivity contribution in [3.8, 4) is 0 Å². The van der Waals surface area contributed by atoms with Gasteiger partial charge in [0.1, 0.15) is 0 Å². The molecule has 1 aromatic carbocycles. The van der Waals surface area contributed by atoms with Crippen LogP contribution in [0.1, 0.15) is 0 Å². The molecule has 2 rings (SSSR count). The standard InChI is InChI=1S/C8H8N4/c9-12-6-1-2-7-8(5-6)11-4-3-10-7/h1-5,12H,9H2. The Morgan fingerprint density at radius 1 is 1.08 bits per heavy atom. The molecule has 0 atom stereocenters. The predicted molar refractivity (Wildman–Crippen MR) is 47.3 cm³/mol. The molecule has 0 saturated carbocycles. The van der Waals surface area contributed by atoms with Crippen molar-refractivity contribution in [3.05, 3.63) is 30.6 Å². The second-order valence-corrected chi connectivity index (χ2v) is 2.40. The van der Waals surface area contributed by atoms with Crippen LogP contribution < -0.4 is 11.3 Å². The van der Waals surface area contributed by atoms with E-state index < -0.39 is 0 Å². The summed E-state index contributed by atoms with van der Waals surface area (Å²) in [6, 6.07) is 5.58. The molecule has 4 heteroatoms. The van der Waals surface area contributed by atoms with Gasteiger partial charge in [0.15, 0.2) is 0 Å². The van der Waals surface area contributed by atoms with Gasteiger partial charge >= 0.3 is 0 Å². The molecule has 4 nitrogen and oxygen atoms in total. The Morgan fingerprint density at radius 2 is 1.83 bits per heavy atom. The summed E-state index contributed by atoms with van der Waals surface area (Å²) >= 11 is 0. The van der Waals surface area contributed by atoms with Gasteiger partial charge in [-0.25, -0.2) is 0 Å². The second-order valence-electron chi connectivity index (χ2n) is 2.40. The fourth-order valence-electron chi connectivity index (χ4n) is 1.05. The van der Waals surface area contributed by atoms with Gasteiger partial charge in [0.25, 0.3) is 0 Å². The van der Waals surface area contributed by atoms with Crippen LogP contribution in [0.3, 0.4) is 0 Å². The lowest BCUT2D eigenvalue weighted by molar-refractivity contribution is 1.28. The van der Waals surface area contributed by atoms with E-state index in [0.29, 0.717) is 0 Å². The second kappa shape index (κ2) is 2.75. The van der Waals surface area contributed by atoms with E-state index in [0.717, 1.165) is 16.7 Å². The minimum Gasteiger partial charge on any atom is -0.324 e. The van der Waals surface area contributed by atoms with E-state index >= 15 is 0 Å². The Morgan fingerprint density at radius 3 is 2.58 bits per heavy atom. The predicted octanol–water partition coefficient (Wildman–Crippen LogP) is 0.915. The number of nitrogens with two attached hydrogens (primary N) is 1. The molecule has 0 radical (unpaired) electrons. The normalized spacial score (nSPS) is 10.1. The van der Waals surface area contributed by atoms with Crippen molar-refractivity contribution in [3.63, 3.8) is 0 Å². The van der Waals surface area contributed by atoms with Crippen LogP contribution in [0.5, 0.6) is 0 Å². The van der Waals surface area contributed by atoms with Crippen molar-refractivity contribution in [2.24, 2.45) is 5.84 Å². The number of hydrazine groups is 1. The first-order valence-corrected chi connectivity index (χ1v) is 3.57. The van der Waals surface area contributed by atoms with Gasteiger partial charge in [0.05, 0.1) is 16.7 Å². The lowest BCUT2D eigenvalue weighted by Gasteiger charge is -1.99. The molecule has 1 aromatic heterocycles. The van der Waals surface area contributed by atoms with Crippen LogP contribution in [0.4, 0.5) is 5.69 Å². The number of nitrogen functional groups attached to an aromatic ring is 1. The van der Waals surface area contributed by atoms with E-state index in [-0.39, 0.29) is 0 Å². The molecule has 2 aromatic rings. The van der Waals surface area contributed by atoms with E-state index in [1.54, 1.807) is 12.4 Å². The lowest BCUT2D eigenvalue weighted by atomic mass is 10.3. The first-order chi connectivity index (χ1) is 5.90. The molecule has 0 bridgehead atoms. The fraction of sp³-hybridized carbons (Fsp3) is 0. The number of hydrogen-bond acceptors (Lipinski definition) is 4. The molecule has 0 aliphatic carbocycles. The molecular weight excluding hydrogens is 152 g/mol. The quantitative estimate of drug-likeness (QED) is 0.481. The SMILES string of the molecule is NNc1ccc2nccnc2c1. The van der Waals surface area contributed by atoms with Gasteiger partial charge in [-0.15, -0.1) is 0 Å². The van der Waals surface area contributed by atoms with Gasteiger partial charge in [-0.2, -0.15) is 0 Å². The number of anilines is 1. The minimum absolute atomic E-state index is 0.836. The maximum absolute atomic E-state index is 5.24. The average Bonchev–Trinajstić information content (AvgIpc) is 2.17. The number of nitrogens with zero attached hydrogens (tertiary/aromatic N) is 2. The maximum atomic E-state index is 5.24. The van der Waals surface area contributed by atoms with Crippen molar-refractivity contribution < 1.29 is 0 Å². The van der Waals surface area contributed by atoms with Crippen molar-refractivity contribution >= 4 is 16.7 Å². The van der Waals surface area contributed by atoms with Crippen molar-refractivity contribution in [2.75, 3.05) is 5.43 Å². The van der Waals surface area contributed by atoms with Gasteiger partial charge in [-0.1, -0.05) is 0 Å². The third-order valence-electron chi connectivity index (χ3n) is 1.64. The number of hydrogen-bond donors (Lipinski definition) is 2. The summed E-state index contributed by atoms with van der Waals surface area (Å²) < 4.78 is 0. The molecule has 0 spiro atoms. The van der Waals surface area contributed by atoms with Crippen LogP contribution in [0.15, 0.2) is 30.6 Å². The molecule has 0 unspecified atom stereocenters. The zero-order valence-corrected chi connectivity index (χ0v) is 6.36.